The van der Waals surface area contributed by atoms with E-state index in [0.29, 0.717) is 0 Å². The first kappa shape index (κ1) is 18.2. The Hall–Kier alpha value is -1.63. The molecule has 0 fully saturated rings. The average molecular weight is 210 g/mol. The molecule has 0 saturated carbocycles. The molecule has 4 N–H and O–H groups in total. The van der Waals surface area contributed by atoms with Crippen molar-refractivity contribution in [2.75, 3.05) is 6.61 Å². The van der Waals surface area contributed by atoms with E-state index in [-0.39, 0.29) is 13.0 Å². The lowest BCUT2D eigenvalue weighted by Gasteiger charge is -1.79. The largest absolute Gasteiger partial charge is 0.481 e. The molecule has 0 aromatic carbocycles. The molecule has 84 valence electrons. The van der Waals surface area contributed by atoms with Gasteiger partial charge in [-0.1, -0.05) is 0 Å². The standard InChI is InChI=1S/C3H6O3.2C2H4O2/c4-2-1-3(5)6;2*1-2(3)4/h4H,1-2H2,(H,5,6);2*1H3,(H,3,4). The third-order valence-electron chi connectivity index (χ3n) is 0.326. The van der Waals surface area contributed by atoms with Crippen molar-refractivity contribution in [2.24, 2.45) is 0 Å². The normalized spacial score (nSPS) is 7.07. The lowest BCUT2D eigenvalue weighted by atomic mass is 10.5. The number of rotatable bonds is 2. The van der Waals surface area contributed by atoms with E-state index in [2.05, 4.69) is 0 Å². The van der Waals surface area contributed by atoms with Gasteiger partial charge in [0.2, 0.25) is 0 Å². The molecular formula is C7H14O7. The molecule has 0 aromatic rings. The van der Waals surface area contributed by atoms with Crippen molar-refractivity contribution in [3.63, 3.8) is 0 Å². The minimum Gasteiger partial charge on any atom is -0.481 e. The fraction of sp³-hybridized carbons (Fsp3) is 0.571. The van der Waals surface area contributed by atoms with Gasteiger partial charge in [0.1, 0.15) is 0 Å². The van der Waals surface area contributed by atoms with Crippen molar-refractivity contribution < 1.29 is 34.8 Å². The maximum atomic E-state index is 9.44. The summed E-state index contributed by atoms with van der Waals surface area (Å²) in [6.07, 6.45) is -0.153. The first-order valence-corrected chi connectivity index (χ1v) is 3.45. The third kappa shape index (κ3) is 485. The lowest BCUT2D eigenvalue weighted by Crippen LogP contribution is -1.96. The molecule has 0 spiro atoms. The van der Waals surface area contributed by atoms with Gasteiger partial charge in [0.05, 0.1) is 13.0 Å². The summed E-state index contributed by atoms with van der Waals surface area (Å²) >= 11 is 0. The van der Waals surface area contributed by atoms with Crippen molar-refractivity contribution >= 4 is 17.9 Å². The highest BCUT2D eigenvalue weighted by atomic mass is 16.4. The molecule has 0 aromatic heterocycles. The number of aliphatic carboxylic acids is 3. The first-order chi connectivity index (χ1) is 6.23. The second-order valence-electron chi connectivity index (χ2n) is 1.91. The maximum Gasteiger partial charge on any atom is 0.305 e. The zero-order valence-electron chi connectivity index (χ0n) is 7.93. The van der Waals surface area contributed by atoms with Gasteiger partial charge in [-0.15, -0.1) is 0 Å². The van der Waals surface area contributed by atoms with Crippen LogP contribution < -0.4 is 0 Å². The smallest absolute Gasteiger partial charge is 0.305 e. The SMILES string of the molecule is CC(=O)O.CC(=O)O.O=C(O)CCO. The van der Waals surface area contributed by atoms with Crippen LogP contribution in [0.1, 0.15) is 20.3 Å². The fourth-order valence-electron chi connectivity index (χ4n) is 0.0956. The molecule has 0 bridgehead atoms. The van der Waals surface area contributed by atoms with E-state index in [1.165, 1.54) is 0 Å². The monoisotopic (exact) mass is 210 g/mol. The average Bonchev–Trinajstić information content (AvgIpc) is 1.82. The summed E-state index contributed by atoms with van der Waals surface area (Å²) in [6.45, 7) is 1.90. The van der Waals surface area contributed by atoms with Crippen LogP contribution in [-0.2, 0) is 14.4 Å². The predicted octanol–water partition coefficient (Wildman–Crippen LogP) is -0.365. The Labute approximate surface area is 80.6 Å². The molecule has 0 aliphatic carbocycles. The Morgan fingerprint density at radius 3 is 1.14 bits per heavy atom. The highest BCUT2D eigenvalue weighted by molar-refractivity contribution is 5.66. The number of aliphatic hydroxyl groups is 1. The number of carboxylic acid groups (broad SMARTS) is 3. The summed E-state index contributed by atoms with van der Waals surface area (Å²) < 4.78 is 0. The zero-order chi connectivity index (χ0) is 12.1. The molecule has 14 heavy (non-hydrogen) atoms. The summed E-state index contributed by atoms with van der Waals surface area (Å²) in [4.78, 5) is 27.4. The summed E-state index contributed by atoms with van der Waals surface area (Å²) in [6, 6.07) is 0. The lowest BCUT2D eigenvalue weighted by molar-refractivity contribution is -0.138. The molecule has 0 radical (unpaired) electrons. The van der Waals surface area contributed by atoms with Gasteiger partial charge in [-0.3, -0.25) is 14.4 Å². The summed E-state index contributed by atoms with van der Waals surface area (Å²) in [5, 5.41) is 30.4. The van der Waals surface area contributed by atoms with Crippen LogP contribution in [0.25, 0.3) is 0 Å². The zero-order valence-corrected chi connectivity index (χ0v) is 7.93. The highest BCUT2D eigenvalue weighted by Gasteiger charge is 1.88. The predicted molar refractivity (Wildman–Crippen MR) is 46.0 cm³/mol. The topological polar surface area (TPSA) is 132 Å². The van der Waals surface area contributed by atoms with Gasteiger partial charge in [-0.2, -0.15) is 0 Å². The third-order valence-corrected chi connectivity index (χ3v) is 0.326. The van der Waals surface area contributed by atoms with Crippen LogP contribution in [-0.4, -0.2) is 44.9 Å². The van der Waals surface area contributed by atoms with Crippen LogP contribution >= 0.6 is 0 Å². The van der Waals surface area contributed by atoms with E-state index in [0.717, 1.165) is 13.8 Å². The van der Waals surface area contributed by atoms with Crippen molar-refractivity contribution in [1.82, 2.24) is 0 Å². The van der Waals surface area contributed by atoms with Crippen LogP contribution in [0.15, 0.2) is 0 Å². The first-order valence-electron chi connectivity index (χ1n) is 3.45. The minimum atomic E-state index is -0.961. The number of hydrogen-bond donors (Lipinski definition) is 4. The number of carboxylic acids is 3. The number of hydrogen-bond acceptors (Lipinski definition) is 4. The quantitative estimate of drug-likeness (QED) is 0.489. The Morgan fingerprint density at radius 1 is 0.929 bits per heavy atom. The molecule has 0 rings (SSSR count). The van der Waals surface area contributed by atoms with Gasteiger partial charge >= 0.3 is 5.97 Å². The molecule has 7 heteroatoms. The van der Waals surface area contributed by atoms with Crippen LogP contribution in [0.5, 0.6) is 0 Å². The molecule has 0 atom stereocenters. The molecule has 0 unspecified atom stereocenters. The molecule has 7 nitrogen and oxygen atoms in total. The van der Waals surface area contributed by atoms with E-state index >= 15 is 0 Å². The van der Waals surface area contributed by atoms with Gasteiger partial charge in [0, 0.05) is 13.8 Å². The Balaban J connectivity index is -0.000000135. The van der Waals surface area contributed by atoms with E-state index in [4.69, 9.17) is 30.0 Å². The van der Waals surface area contributed by atoms with Crippen LogP contribution in [0, 0.1) is 0 Å². The fourth-order valence-corrected chi connectivity index (χ4v) is 0.0956. The molecular weight excluding hydrogens is 196 g/mol. The van der Waals surface area contributed by atoms with E-state index in [1.54, 1.807) is 0 Å². The van der Waals surface area contributed by atoms with Crippen molar-refractivity contribution in [3.8, 4) is 0 Å². The van der Waals surface area contributed by atoms with Gasteiger partial charge < -0.3 is 20.4 Å². The van der Waals surface area contributed by atoms with Crippen LogP contribution in [0.2, 0.25) is 0 Å². The number of carbonyl (C=O) groups is 3. The second kappa shape index (κ2) is 13.9. The van der Waals surface area contributed by atoms with Gasteiger partial charge in [0.25, 0.3) is 11.9 Å². The van der Waals surface area contributed by atoms with Gasteiger partial charge in [0.15, 0.2) is 0 Å². The minimum absolute atomic E-state index is 0.153. The summed E-state index contributed by atoms with van der Waals surface area (Å²) in [5.74, 6) is -2.63. The molecule has 0 amide bonds. The van der Waals surface area contributed by atoms with Crippen molar-refractivity contribution in [2.45, 2.75) is 20.3 Å². The van der Waals surface area contributed by atoms with E-state index in [1.807, 2.05) is 0 Å². The van der Waals surface area contributed by atoms with Gasteiger partial charge in [-0.25, -0.2) is 0 Å². The summed E-state index contributed by atoms with van der Waals surface area (Å²) in [5.41, 5.74) is 0. The molecule has 0 heterocycles. The second-order valence-corrected chi connectivity index (χ2v) is 1.91. The Kier molecular flexibility index (Phi) is 18.1. The van der Waals surface area contributed by atoms with E-state index in [9.17, 15) is 4.79 Å². The van der Waals surface area contributed by atoms with Crippen LogP contribution in [0.4, 0.5) is 0 Å². The van der Waals surface area contributed by atoms with E-state index < -0.39 is 17.9 Å². The molecule has 0 aliphatic rings. The maximum absolute atomic E-state index is 9.44. The molecule has 0 saturated heterocycles. The molecule has 0 aliphatic heterocycles. The van der Waals surface area contributed by atoms with Gasteiger partial charge in [-0.05, 0) is 0 Å². The van der Waals surface area contributed by atoms with Crippen LogP contribution in [0.3, 0.4) is 0 Å². The Morgan fingerprint density at radius 2 is 1.14 bits per heavy atom. The summed E-state index contributed by atoms with van der Waals surface area (Å²) in [7, 11) is 0. The van der Waals surface area contributed by atoms with Crippen molar-refractivity contribution in [3.05, 3.63) is 0 Å². The van der Waals surface area contributed by atoms with Crippen molar-refractivity contribution in [1.29, 1.82) is 0 Å². The highest BCUT2D eigenvalue weighted by Crippen LogP contribution is 1.70. The Bertz CT molecular complexity index is 155. The number of aliphatic hydroxyl groups excluding tert-OH is 1.